The number of hydrogen-bond acceptors (Lipinski definition) is 8. The first-order chi connectivity index (χ1) is 16.3. The van der Waals surface area contributed by atoms with Crippen LogP contribution in [0.5, 0.6) is 0 Å². The van der Waals surface area contributed by atoms with Crippen molar-refractivity contribution in [2.75, 3.05) is 37.5 Å². The number of H-pyrrole nitrogens is 1. The van der Waals surface area contributed by atoms with E-state index >= 15 is 0 Å². The third kappa shape index (κ3) is 5.58. The number of amides is 1. The molecule has 10 nitrogen and oxygen atoms in total. The Morgan fingerprint density at radius 3 is 2.82 bits per heavy atom. The fourth-order valence-corrected chi connectivity index (χ4v) is 5.29. The number of aromatic nitrogens is 2. The van der Waals surface area contributed by atoms with E-state index in [1.54, 1.807) is 5.38 Å². The van der Waals surface area contributed by atoms with Gasteiger partial charge in [-0.15, -0.1) is 11.3 Å². The minimum Gasteiger partial charge on any atom is -0.452 e. The maximum Gasteiger partial charge on any atom is 0.339 e. The Bertz CT molecular complexity index is 1150. The van der Waals surface area contributed by atoms with Gasteiger partial charge in [0.05, 0.1) is 12.2 Å². The molecule has 1 unspecified atom stereocenters. The van der Waals surface area contributed by atoms with Crippen LogP contribution in [0.25, 0.3) is 0 Å². The Kier molecular flexibility index (Phi) is 8.67. The molecule has 2 heterocycles. The van der Waals surface area contributed by atoms with Crippen LogP contribution in [0.1, 0.15) is 53.9 Å². The number of esters is 1. The molecule has 0 spiro atoms. The molecule has 1 amide bonds. The van der Waals surface area contributed by atoms with Crippen molar-refractivity contribution in [2.24, 2.45) is 5.92 Å². The molecule has 0 bridgehead atoms. The summed E-state index contributed by atoms with van der Waals surface area (Å²) in [4.78, 5) is 55.2. The van der Waals surface area contributed by atoms with Gasteiger partial charge in [-0.2, -0.15) is 0 Å². The third-order valence-corrected chi connectivity index (χ3v) is 7.04. The molecule has 34 heavy (non-hydrogen) atoms. The molecule has 2 aromatic heterocycles. The molecule has 3 rings (SSSR count). The van der Waals surface area contributed by atoms with Crippen LogP contribution in [0, 0.1) is 5.92 Å². The number of methoxy groups -OCH3 is 1. The van der Waals surface area contributed by atoms with Gasteiger partial charge in [0.1, 0.15) is 5.82 Å². The standard InChI is InChI=1S/C23H32N4O6S/c1-4-5-8-27-20(24)19(21(29)25-23(27)31)26(9-10-32-3)18(28)12-33-22(30)16-13-34-17-11-14(2)6-7-15(16)17/h13-14H,4-12,24H2,1-3H3,(H,25,29,31). The fraction of sp³-hybridized carbons (Fsp3) is 0.565. The Balaban J connectivity index is 1.81. The van der Waals surface area contributed by atoms with Gasteiger partial charge >= 0.3 is 11.7 Å². The number of carbonyl (C=O) groups is 2. The summed E-state index contributed by atoms with van der Waals surface area (Å²) in [5.41, 5.74) is 6.07. The highest BCUT2D eigenvalue weighted by molar-refractivity contribution is 7.10. The van der Waals surface area contributed by atoms with Gasteiger partial charge in [-0.3, -0.25) is 24.0 Å². The zero-order valence-electron chi connectivity index (χ0n) is 19.8. The molecule has 1 aliphatic rings. The Labute approximate surface area is 201 Å². The quantitative estimate of drug-likeness (QED) is 0.484. The van der Waals surface area contributed by atoms with Crippen LogP contribution in [0.2, 0.25) is 0 Å². The number of nitrogens with two attached hydrogens (primary N) is 1. The Morgan fingerprint density at radius 2 is 2.12 bits per heavy atom. The average molecular weight is 493 g/mol. The zero-order chi connectivity index (χ0) is 24.8. The predicted molar refractivity (Wildman–Crippen MR) is 131 cm³/mol. The second kappa shape index (κ2) is 11.5. The van der Waals surface area contributed by atoms with Crippen molar-refractivity contribution in [1.82, 2.24) is 9.55 Å². The number of hydrogen-bond donors (Lipinski definition) is 2. The van der Waals surface area contributed by atoms with Crippen LogP contribution >= 0.6 is 11.3 Å². The highest BCUT2D eigenvalue weighted by Gasteiger charge is 2.27. The maximum atomic E-state index is 13.1. The molecule has 0 fully saturated rings. The number of nitrogen functional groups attached to an aromatic ring is 1. The predicted octanol–water partition coefficient (Wildman–Crippen LogP) is 1.94. The summed E-state index contributed by atoms with van der Waals surface area (Å²) in [6.07, 6.45) is 4.23. The number of thiophene rings is 1. The number of nitrogens with one attached hydrogen (secondary N) is 1. The lowest BCUT2D eigenvalue weighted by atomic mass is 9.88. The van der Waals surface area contributed by atoms with E-state index in [-0.39, 0.29) is 24.7 Å². The summed E-state index contributed by atoms with van der Waals surface area (Å²) in [5, 5.41) is 1.78. The van der Waals surface area contributed by atoms with Crippen molar-refractivity contribution < 1.29 is 19.1 Å². The van der Waals surface area contributed by atoms with E-state index in [1.165, 1.54) is 27.9 Å². The van der Waals surface area contributed by atoms with Crippen molar-refractivity contribution >= 4 is 34.7 Å². The fourth-order valence-electron chi connectivity index (χ4n) is 4.05. The lowest BCUT2D eigenvalue weighted by Gasteiger charge is -2.24. The van der Waals surface area contributed by atoms with E-state index in [9.17, 15) is 19.2 Å². The van der Waals surface area contributed by atoms with E-state index in [0.29, 0.717) is 24.4 Å². The smallest absolute Gasteiger partial charge is 0.339 e. The summed E-state index contributed by atoms with van der Waals surface area (Å²) >= 11 is 1.54. The van der Waals surface area contributed by atoms with Gasteiger partial charge in [-0.25, -0.2) is 9.59 Å². The minimum absolute atomic E-state index is 0.00210. The van der Waals surface area contributed by atoms with Crippen molar-refractivity contribution in [3.05, 3.63) is 42.2 Å². The summed E-state index contributed by atoms with van der Waals surface area (Å²) in [6, 6.07) is 0. The van der Waals surface area contributed by atoms with Crippen LogP contribution < -0.4 is 21.9 Å². The molecular formula is C23H32N4O6S. The van der Waals surface area contributed by atoms with Gasteiger partial charge in [-0.1, -0.05) is 20.3 Å². The largest absolute Gasteiger partial charge is 0.452 e. The highest BCUT2D eigenvalue weighted by Crippen LogP contribution is 2.33. The summed E-state index contributed by atoms with van der Waals surface area (Å²) < 4.78 is 11.6. The van der Waals surface area contributed by atoms with Crippen molar-refractivity contribution in [3.63, 3.8) is 0 Å². The number of aromatic amines is 1. The molecule has 1 atom stereocenters. The summed E-state index contributed by atoms with van der Waals surface area (Å²) in [7, 11) is 1.46. The first-order valence-corrected chi connectivity index (χ1v) is 12.3. The summed E-state index contributed by atoms with van der Waals surface area (Å²) in [5.74, 6) is -0.739. The van der Waals surface area contributed by atoms with Gasteiger partial charge < -0.3 is 15.2 Å². The molecule has 0 saturated carbocycles. The number of anilines is 2. The van der Waals surface area contributed by atoms with Crippen LogP contribution in [0.3, 0.4) is 0 Å². The molecular weight excluding hydrogens is 460 g/mol. The molecule has 2 aromatic rings. The van der Waals surface area contributed by atoms with E-state index in [1.807, 2.05) is 6.92 Å². The third-order valence-electron chi connectivity index (χ3n) is 5.99. The first kappa shape index (κ1) is 25.7. The molecule has 1 aliphatic carbocycles. The number of nitrogens with zero attached hydrogens (tertiary/aromatic N) is 2. The topological polar surface area (TPSA) is 137 Å². The molecule has 0 aromatic carbocycles. The number of carbonyl (C=O) groups excluding carboxylic acids is 2. The Hall–Kier alpha value is -2.92. The number of unbranched alkanes of at least 4 members (excludes halogenated alkanes) is 1. The maximum absolute atomic E-state index is 13.1. The van der Waals surface area contributed by atoms with E-state index in [2.05, 4.69) is 11.9 Å². The molecule has 0 aliphatic heterocycles. The lowest BCUT2D eigenvalue weighted by Crippen LogP contribution is -2.44. The van der Waals surface area contributed by atoms with Gasteiger partial charge in [0, 0.05) is 30.5 Å². The number of fused-ring (bicyclic) bond motifs is 1. The molecule has 186 valence electrons. The van der Waals surface area contributed by atoms with Crippen LogP contribution in [0.4, 0.5) is 11.5 Å². The molecule has 11 heteroatoms. The van der Waals surface area contributed by atoms with Gasteiger partial charge in [-0.05, 0) is 37.2 Å². The van der Waals surface area contributed by atoms with Crippen molar-refractivity contribution in [1.29, 1.82) is 0 Å². The number of rotatable bonds is 10. The van der Waals surface area contributed by atoms with E-state index in [4.69, 9.17) is 15.2 Å². The van der Waals surface area contributed by atoms with Crippen LogP contribution in [-0.2, 0) is 33.7 Å². The average Bonchev–Trinajstić information content (AvgIpc) is 3.22. The van der Waals surface area contributed by atoms with Crippen LogP contribution in [-0.4, -0.2) is 48.3 Å². The molecule has 0 saturated heterocycles. The van der Waals surface area contributed by atoms with Gasteiger partial charge in [0.2, 0.25) is 0 Å². The highest BCUT2D eigenvalue weighted by atomic mass is 32.1. The number of ether oxygens (including phenoxy) is 2. The summed E-state index contributed by atoms with van der Waals surface area (Å²) in [6.45, 7) is 3.99. The van der Waals surface area contributed by atoms with Gasteiger partial charge in [0.15, 0.2) is 12.3 Å². The van der Waals surface area contributed by atoms with Crippen molar-refractivity contribution in [2.45, 2.75) is 52.5 Å². The normalized spacial score (nSPS) is 15.1. The second-order valence-electron chi connectivity index (χ2n) is 8.51. The zero-order valence-corrected chi connectivity index (χ0v) is 20.7. The van der Waals surface area contributed by atoms with E-state index < -0.39 is 29.7 Å². The van der Waals surface area contributed by atoms with Crippen molar-refractivity contribution in [3.8, 4) is 0 Å². The molecule has 3 N–H and O–H groups in total. The lowest BCUT2D eigenvalue weighted by molar-refractivity contribution is -0.121. The SMILES string of the molecule is CCCCn1c(N)c(N(CCOC)C(=O)COC(=O)c2csc3c2CCC(C)C3)c(=O)[nH]c1=O. The van der Waals surface area contributed by atoms with Gasteiger partial charge in [0.25, 0.3) is 11.5 Å². The first-order valence-electron chi connectivity index (χ1n) is 11.5. The second-order valence-corrected chi connectivity index (χ2v) is 9.48. The Morgan fingerprint density at radius 1 is 1.35 bits per heavy atom. The van der Waals surface area contributed by atoms with Crippen LogP contribution in [0.15, 0.2) is 15.0 Å². The minimum atomic E-state index is -0.785. The van der Waals surface area contributed by atoms with E-state index in [0.717, 1.165) is 36.1 Å². The molecule has 0 radical (unpaired) electrons. The monoisotopic (exact) mass is 492 g/mol.